The molecule has 1 amide bonds. The van der Waals surface area contributed by atoms with Crippen LogP contribution in [0.4, 0.5) is 0 Å². The largest absolute Gasteiger partial charge is 1.00 e. The number of quaternary nitrogens is 1. The molecular weight excluding hydrogens is 150 g/mol. The van der Waals surface area contributed by atoms with Crippen LogP contribution in [0.1, 0.15) is 13.3 Å². The van der Waals surface area contributed by atoms with Crippen LogP contribution in [-0.4, -0.2) is 19.5 Å². The van der Waals surface area contributed by atoms with Gasteiger partial charge in [-0.15, -0.1) is 0 Å². The number of likely N-dealkylation sites (N-methyl/N-ethyl adjacent to an activating group) is 1. The van der Waals surface area contributed by atoms with Crippen LogP contribution in [0, 0.1) is 0 Å². The summed E-state index contributed by atoms with van der Waals surface area (Å²) in [5.41, 5.74) is 0. The van der Waals surface area contributed by atoms with Gasteiger partial charge in [-0.3, -0.25) is 4.90 Å². The van der Waals surface area contributed by atoms with Crippen molar-refractivity contribution in [1.29, 1.82) is 0 Å². The highest BCUT2D eigenvalue weighted by Gasteiger charge is 2.06. The third-order valence-corrected chi connectivity index (χ3v) is 1.23. The summed E-state index contributed by atoms with van der Waals surface area (Å²) in [7, 11) is 1.85. The second-order valence-electron chi connectivity index (χ2n) is 2.10. The van der Waals surface area contributed by atoms with Crippen molar-refractivity contribution in [2.75, 3.05) is 13.6 Å². The summed E-state index contributed by atoms with van der Waals surface area (Å²) >= 11 is 0. The second kappa shape index (κ2) is 6.78. The van der Waals surface area contributed by atoms with E-state index in [1.165, 1.54) is 6.08 Å². The van der Waals surface area contributed by atoms with Gasteiger partial charge in [0.2, 0.25) is 0 Å². The molecule has 3 heteroatoms. The van der Waals surface area contributed by atoms with Crippen LogP contribution in [0.25, 0.3) is 0 Å². The average Bonchev–Trinajstić information content (AvgIpc) is 1.87. The highest BCUT2D eigenvalue weighted by atomic mass is 35.5. The Bertz CT molecular complexity index is 114. The minimum Gasteiger partial charge on any atom is -1.00 e. The Kier molecular flexibility index (Phi) is 8.37. The molecule has 0 saturated carbocycles. The van der Waals surface area contributed by atoms with E-state index in [1.807, 2.05) is 7.05 Å². The van der Waals surface area contributed by atoms with Crippen molar-refractivity contribution in [3.63, 3.8) is 0 Å². The van der Waals surface area contributed by atoms with E-state index in [9.17, 15) is 4.79 Å². The molecule has 1 unspecified atom stereocenters. The molecule has 0 aromatic carbocycles. The van der Waals surface area contributed by atoms with Crippen molar-refractivity contribution in [2.45, 2.75) is 13.3 Å². The number of hydrogen-bond acceptors (Lipinski definition) is 1. The van der Waals surface area contributed by atoms with E-state index >= 15 is 0 Å². The molecular formula is C7H14ClNO. The Morgan fingerprint density at radius 3 is 2.50 bits per heavy atom. The zero-order valence-corrected chi connectivity index (χ0v) is 7.24. The molecule has 2 nitrogen and oxygen atoms in total. The number of carbonyl (C=O) groups excluding carboxylic acids is 1. The Morgan fingerprint density at radius 2 is 2.20 bits per heavy atom. The molecule has 0 spiro atoms. The van der Waals surface area contributed by atoms with E-state index in [0.717, 1.165) is 17.9 Å². The standard InChI is InChI=1S/C7H13NO.ClH/c1-4-6-8(3)7(9)5-2;/h5H,2,4,6H2,1,3H3;1H. The van der Waals surface area contributed by atoms with E-state index < -0.39 is 0 Å². The van der Waals surface area contributed by atoms with Crippen LogP contribution in [0.15, 0.2) is 12.7 Å². The molecule has 0 aromatic heterocycles. The zero-order chi connectivity index (χ0) is 7.28. The summed E-state index contributed by atoms with van der Waals surface area (Å²) in [6.45, 7) is 6.34. The summed E-state index contributed by atoms with van der Waals surface area (Å²) in [5.74, 6) is 0.0804. The molecule has 0 rings (SSSR count). The number of carbonyl (C=O) groups is 1. The first-order chi connectivity index (χ1) is 4.22. The minimum atomic E-state index is 0. The third-order valence-electron chi connectivity index (χ3n) is 1.23. The highest BCUT2D eigenvalue weighted by molar-refractivity contribution is 5.78. The predicted molar refractivity (Wildman–Crippen MR) is 37.2 cm³/mol. The van der Waals surface area contributed by atoms with Gasteiger partial charge in [0, 0.05) is 6.08 Å². The quantitative estimate of drug-likeness (QED) is 0.431. The summed E-state index contributed by atoms with van der Waals surface area (Å²) in [4.78, 5) is 11.7. The molecule has 0 bridgehead atoms. The van der Waals surface area contributed by atoms with Gasteiger partial charge < -0.3 is 12.4 Å². The van der Waals surface area contributed by atoms with E-state index in [-0.39, 0.29) is 18.3 Å². The van der Waals surface area contributed by atoms with E-state index in [1.54, 1.807) is 0 Å². The van der Waals surface area contributed by atoms with Crippen LogP contribution in [0.5, 0.6) is 0 Å². The van der Waals surface area contributed by atoms with Crippen molar-refractivity contribution < 1.29 is 22.1 Å². The molecule has 10 heavy (non-hydrogen) atoms. The second-order valence-corrected chi connectivity index (χ2v) is 2.10. The Morgan fingerprint density at radius 1 is 1.70 bits per heavy atom. The maximum absolute atomic E-state index is 10.7. The Balaban J connectivity index is 0. The summed E-state index contributed by atoms with van der Waals surface area (Å²) < 4.78 is 0. The van der Waals surface area contributed by atoms with Gasteiger partial charge in [0.15, 0.2) is 0 Å². The van der Waals surface area contributed by atoms with E-state index in [0.29, 0.717) is 0 Å². The highest BCUT2D eigenvalue weighted by Crippen LogP contribution is 1.63. The maximum atomic E-state index is 10.7. The maximum Gasteiger partial charge on any atom is 0.336 e. The number of halogens is 1. The number of amides is 1. The van der Waals surface area contributed by atoms with E-state index in [2.05, 4.69) is 13.5 Å². The lowest BCUT2D eigenvalue weighted by Gasteiger charge is -2.05. The fourth-order valence-corrected chi connectivity index (χ4v) is 0.672. The molecule has 1 N–H and O–H groups in total. The molecule has 1 atom stereocenters. The first kappa shape index (κ1) is 12.3. The SMILES string of the molecule is C=CC(=O)[NH+](C)CCC.[Cl-]. The van der Waals surface area contributed by atoms with Crippen LogP contribution < -0.4 is 17.3 Å². The van der Waals surface area contributed by atoms with Crippen molar-refractivity contribution in [2.24, 2.45) is 0 Å². The predicted octanol–water partition coefficient (Wildman–Crippen LogP) is -3.37. The number of hydrogen-bond donors (Lipinski definition) is 1. The molecule has 0 radical (unpaired) electrons. The van der Waals surface area contributed by atoms with Gasteiger partial charge in [-0.2, -0.15) is 0 Å². The molecule has 0 aromatic rings. The molecule has 60 valence electrons. The third kappa shape index (κ3) is 4.53. The zero-order valence-electron chi connectivity index (χ0n) is 6.48. The average molecular weight is 164 g/mol. The minimum absolute atomic E-state index is 0. The van der Waals surface area contributed by atoms with Crippen molar-refractivity contribution >= 4 is 5.91 Å². The molecule has 0 fully saturated rings. The van der Waals surface area contributed by atoms with Crippen molar-refractivity contribution in [3.05, 3.63) is 12.7 Å². The number of rotatable bonds is 3. The summed E-state index contributed by atoms with van der Waals surface area (Å²) in [5, 5.41) is 0. The van der Waals surface area contributed by atoms with Crippen molar-refractivity contribution in [3.8, 4) is 0 Å². The van der Waals surface area contributed by atoms with Crippen LogP contribution in [0.2, 0.25) is 0 Å². The number of nitrogens with one attached hydrogen (secondary N) is 1. The van der Waals surface area contributed by atoms with Gasteiger partial charge in [-0.1, -0.05) is 13.5 Å². The fraction of sp³-hybridized carbons (Fsp3) is 0.571. The first-order valence-electron chi connectivity index (χ1n) is 3.21. The van der Waals surface area contributed by atoms with Gasteiger partial charge in [0.05, 0.1) is 13.6 Å². The molecule has 0 heterocycles. The van der Waals surface area contributed by atoms with Crippen LogP contribution in [-0.2, 0) is 4.79 Å². The molecule has 0 aliphatic rings. The Hall–Kier alpha value is -0.340. The molecule has 0 saturated heterocycles. The Labute approximate surface area is 68.3 Å². The van der Waals surface area contributed by atoms with Crippen LogP contribution >= 0.6 is 0 Å². The van der Waals surface area contributed by atoms with Gasteiger partial charge >= 0.3 is 5.91 Å². The topological polar surface area (TPSA) is 21.5 Å². The monoisotopic (exact) mass is 163 g/mol. The summed E-state index contributed by atoms with van der Waals surface area (Å²) in [6, 6.07) is 0. The first-order valence-corrected chi connectivity index (χ1v) is 3.21. The lowest BCUT2D eigenvalue weighted by molar-refractivity contribution is -0.795. The van der Waals surface area contributed by atoms with Gasteiger partial charge in [-0.05, 0) is 6.42 Å². The smallest absolute Gasteiger partial charge is 0.336 e. The van der Waals surface area contributed by atoms with Crippen LogP contribution in [0.3, 0.4) is 0 Å². The normalized spacial score (nSPS) is 11.4. The fourth-order valence-electron chi connectivity index (χ4n) is 0.672. The lowest BCUT2D eigenvalue weighted by atomic mass is 10.4. The molecule has 0 aliphatic heterocycles. The van der Waals surface area contributed by atoms with Gasteiger partial charge in [0.25, 0.3) is 0 Å². The molecule has 0 aliphatic carbocycles. The van der Waals surface area contributed by atoms with Gasteiger partial charge in [-0.25, -0.2) is 4.79 Å². The van der Waals surface area contributed by atoms with Gasteiger partial charge in [0.1, 0.15) is 0 Å². The summed E-state index contributed by atoms with van der Waals surface area (Å²) in [6.07, 6.45) is 2.40. The lowest BCUT2D eigenvalue weighted by Crippen LogP contribution is -3.11. The van der Waals surface area contributed by atoms with Crippen molar-refractivity contribution in [1.82, 2.24) is 0 Å². The van der Waals surface area contributed by atoms with E-state index in [4.69, 9.17) is 0 Å².